The minimum absolute atomic E-state index is 0.188. The van der Waals surface area contributed by atoms with Gasteiger partial charge in [0.1, 0.15) is 17.4 Å². The van der Waals surface area contributed by atoms with Crippen molar-refractivity contribution in [1.82, 2.24) is 20.6 Å². The van der Waals surface area contributed by atoms with Gasteiger partial charge in [0, 0.05) is 36.6 Å². The Morgan fingerprint density at radius 3 is 2.56 bits per heavy atom. The fourth-order valence-corrected chi connectivity index (χ4v) is 6.14. The zero-order valence-corrected chi connectivity index (χ0v) is 20.2. The number of aromatic nitrogens is 2. The van der Waals surface area contributed by atoms with Gasteiger partial charge in [-0.15, -0.1) is 0 Å². The van der Waals surface area contributed by atoms with E-state index in [1.807, 2.05) is 24.3 Å². The number of phenols is 1. The number of benzene rings is 3. The van der Waals surface area contributed by atoms with Gasteiger partial charge in [0.15, 0.2) is 0 Å². The molecule has 1 aliphatic carbocycles. The highest BCUT2D eigenvalue weighted by Crippen LogP contribution is 2.36. The number of piperazine rings is 1. The average Bonchev–Trinajstić information content (AvgIpc) is 3.21. The van der Waals surface area contributed by atoms with Gasteiger partial charge in [0.25, 0.3) is 0 Å². The number of fused-ring (bicyclic) bond motifs is 4. The van der Waals surface area contributed by atoms with Crippen molar-refractivity contribution in [3.05, 3.63) is 60.4 Å². The van der Waals surface area contributed by atoms with Crippen LogP contribution in [0.2, 0.25) is 0 Å². The fourth-order valence-electron chi connectivity index (χ4n) is 6.14. The number of hydrogen-bond donors (Lipinski definition) is 4. The van der Waals surface area contributed by atoms with E-state index in [9.17, 15) is 10.2 Å². The zero-order chi connectivity index (χ0) is 24.2. The number of nitrogens with zero attached hydrogens (tertiary/aromatic N) is 3. The van der Waals surface area contributed by atoms with Crippen LogP contribution in [0.4, 0.5) is 5.82 Å². The number of aromatic hydroxyl groups is 1. The summed E-state index contributed by atoms with van der Waals surface area (Å²) in [6.45, 7) is 2.51. The predicted molar refractivity (Wildman–Crippen MR) is 142 cm³/mol. The molecule has 1 aromatic heterocycles. The highest BCUT2D eigenvalue weighted by atomic mass is 16.3. The molecule has 2 atom stereocenters. The first kappa shape index (κ1) is 22.0. The summed E-state index contributed by atoms with van der Waals surface area (Å²) in [6.07, 6.45) is 3.83. The van der Waals surface area contributed by atoms with Crippen LogP contribution in [-0.4, -0.2) is 57.5 Å². The van der Waals surface area contributed by atoms with Crippen molar-refractivity contribution in [2.45, 2.75) is 56.5 Å². The normalized spacial score (nSPS) is 25.4. The minimum atomic E-state index is -0.188. The maximum absolute atomic E-state index is 10.4. The van der Waals surface area contributed by atoms with Gasteiger partial charge in [0.05, 0.1) is 18.2 Å². The number of aliphatic hydroxyl groups is 1. The first-order valence-corrected chi connectivity index (χ1v) is 13.0. The van der Waals surface area contributed by atoms with Gasteiger partial charge in [-0.25, -0.2) is 9.97 Å². The molecule has 1 saturated carbocycles. The van der Waals surface area contributed by atoms with Crippen LogP contribution in [0.1, 0.15) is 31.5 Å². The largest absolute Gasteiger partial charge is 0.508 e. The molecule has 7 nitrogen and oxygen atoms in total. The maximum Gasteiger partial charge on any atom is 0.145 e. The Morgan fingerprint density at radius 1 is 0.944 bits per heavy atom. The van der Waals surface area contributed by atoms with Gasteiger partial charge < -0.3 is 25.7 Å². The van der Waals surface area contributed by atoms with Gasteiger partial charge >= 0.3 is 0 Å². The SMILES string of the molecule is Oc1cc(-c2ccc3c(N4CC5CCC(C4)N5)nc(CNC4CC(O)C4)nc3c2)c2ccccc2c1. The van der Waals surface area contributed by atoms with Gasteiger partial charge in [-0.05, 0) is 71.8 Å². The second-order valence-electron chi connectivity index (χ2n) is 10.7. The van der Waals surface area contributed by atoms with E-state index in [0.29, 0.717) is 24.7 Å². The molecule has 3 fully saturated rings. The molecule has 3 aliphatic rings. The standard InChI is InChI=1S/C29H31N5O2/c35-22-9-17-3-1-2-4-24(17)26(13-22)18-5-8-25-27(10-18)32-28(14-30-21-11-23(36)12-21)33-29(25)34-15-19-6-7-20(16-34)31-19/h1-5,8-10,13,19-21,23,30-31,35-36H,6-7,11-12,14-16H2. The van der Waals surface area contributed by atoms with Gasteiger partial charge in [-0.1, -0.05) is 30.3 Å². The van der Waals surface area contributed by atoms with Crippen LogP contribution >= 0.6 is 0 Å². The van der Waals surface area contributed by atoms with Crippen molar-refractivity contribution < 1.29 is 10.2 Å². The van der Waals surface area contributed by atoms with E-state index in [-0.39, 0.29) is 11.9 Å². The molecule has 36 heavy (non-hydrogen) atoms. The molecule has 4 N–H and O–H groups in total. The molecule has 4 aromatic rings. The van der Waals surface area contributed by atoms with Crippen LogP contribution in [0.25, 0.3) is 32.8 Å². The number of rotatable bonds is 5. The summed E-state index contributed by atoms with van der Waals surface area (Å²) >= 11 is 0. The number of nitrogens with one attached hydrogen (secondary N) is 2. The van der Waals surface area contributed by atoms with Crippen LogP contribution in [0.3, 0.4) is 0 Å². The predicted octanol–water partition coefficient (Wildman–Crippen LogP) is 3.71. The van der Waals surface area contributed by atoms with Crippen molar-refractivity contribution in [2.24, 2.45) is 0 Å². The molecule has 7 heteroatoms. The lowest BCUT2D eigenvalue weighted by atomic mass is 9.89. The molecular formula is C29H31N5O2. The Labute approximate surface area is 210 Å². The third kappa shape index (κ3) is 3.97. The van der Waals surface area contributed by atoms with E-state index in [1.165, 1.54) is 12.8 Å². The third-order valence-corrected chi connectivity index (χ3v) is 8.06. The topological polar surface area (TPSA) is 93.5 Å². The summed E-state index contributed by atoms with van der Waals surface area (Å²) in [5.74, 6) is 2.05. The lowest BCUT2D eigenvalue weighted by Crippen LogP contribution is -2.51. The highest BCUT2D eigenvalue weighted by molar-refractivity contribution is 6.00. The number of anilines is 1. The van der Waals surface area contributed by atoms with Crippen molar-refractivity contribution >= 4 is 27.5 Å². The first-order valence-electron chi connectivity index (χ1n) is 13.0. The smallest absolute Gasteiger partial charge is 0.145 e. The van der Waals surface area contributed by atoms with Crippen molar-refractivity contribution in [1.29, 1.82) is 0 Å². The van der Waals surface area contributed by atoms with E-state index < -0.39 is 0 Å². The lowest BCUT2D eigenvalue weighted by molar-refractivity contribution is 0.0616. The van der Waals surface area contributed by atoms with Gasteiger partial charge in [0.2, 0.25) is 0 Å². The second kappa shape index (κ2) is 8.69. The first-order chi connectivity index (χ1) is 17.6. The molecular weight excluding hydrogens is 450 g/mol. The van der Waals surface area contributed by atoms with Crippen LogP contribution < -0.4 is 15.5 Å². The molecule has 0 radical (unpaired) electrons. The Balaban J connectivity index is 1.32. The Kier molecular flexibility index (Phi) is 5.31. The molecule has 184 valence electrons. The summed E-state index contributed by atoms with van der Waals surface area (Å²) in [5, 5.41) is 30.5. The van der Waals surface area contributed by atoms with E-state index in [2.05, 4.69) is 39.8 Å². The summed E-state index contributed by atoms with van der Waals surface area (Å²) < 4.78 is 0. The van der Waals surface area contributed by atoms with Crippen molar-refractivity contribution in [3.63, 3.8) is 0 Å². The Bertz CT molecular complexity index is 1440. The minimum Gasteiger partial charge on any atom is -0.508 e. The van der Waals surface area contributed by atoms with Crippen LogP contribution in [0.5, 0.6) is 5.75 Å². The number of hydrogen-bond acceptors (Lipinski definition) is 7. The molecule has 2 aliphatic heterocycles. The molecule has 7 rings (SSSR count). The van der Waals surface area contributed by atoms with E-state index in [4.69, 9.17) is 9.97 Å². The summed E-state index contributed by atoms with van der Waals surface area (Å²) in [5.41, 5.74) is 2.94. The number of aliphatic hydroxyl groups excluding tert-OH is 1. The van der Waals surface area contributed by atoms with Crippen LogP contribution in [-0.2, 0) is 6.54 Å². The number of phenolic OH excluding ortho intramolecular Hbond substituents is 1. The molecule has 2 saturated heterocycles. The maximum atomic E-state index is 10.4. The monoisotopic (exact) mass is 481 g/mol. The van der Waals surface area contributed by atoms with E-state index in [0.717, 1.165) is 70.4 Å². The molecule has 2 unspecified atom stereocenters. The Hall–Kier alpha value is -3.26. The molecule has 0 amide bonds. The third-order valence-electron chi connectivity index (χ3n) is 8.06. The Morgan fingerprint density at radius 2 is 1.75 bits per heavy atom. The highest BCUT2D eigenvalue weighted by Gasteiger charge is 2.33. The summed E-state index contributed by atoms with van der Waals surface area (Å²) in [4.78, 5) is 12.5. The molecule has 3 aromatic carbocycles. The molecule has 0 spiro atoms. The van der Waals surface area contributed by atoms with Crippen molar-refractivity contribution in [3.8, 4) is 16.9 Å². The van der Waals surface area contributed by atoms with Crippen molar-refractivity contribution in [2.75, 3.05) is 18.0 Å². The average molecular weight is 482 g/mol. The van der Waals surface area contributed by atoms with Crippen LogP contribution in [0.15, 0.2) is 54.6 Å². The van der Waals surface area contributed by atoms with Crippen LogP contribution in [0, 0.1) is 0 Å². The van der Waals surface area contributed by atoms with Gasteiger partial charge in [-0.2, -0.15) is 0 Å². The second-order valence-corrected chi connectivity index (χ2v) is 10.7. The summed E-state index contributed by atoms with van der Waals surface area (Å²) in [7, 11) is 0. The summed E-state index contributed by atoms with van der Waals surface area (Å²) in [6, 6.07) is 19.6. The van der Waals surface area contributed by atoms with E-state index in [1.54, 1.807) is 6.07 Å². The van der Waals surface area contributed by atoms with Gasteiger partial charge in [-0.3, -0.25) is 0 Å². The lowest BCUT2D eigenvalue weighted by Gasteiger charge is -2.35. The van der Waals surface area contributed by atoms with E-state index >= 15 is 0 Å². The molecule has 2 bridgehead atoms. The zero-order valence-electron chi connectivity index (χ0n) is 20.2. The quantitative estimate of drug-likeness (QED) is 0.345. The fraction of sp³-hybridized carbons (Fsp3) is 0.379. The molecule has 3 heterocycles.